The van der Waals surface area contributed by atoms with E-state index in [4.69, 9.17) is 28.2 Å². The van der Waals surface area contributed by atoms with Crippen LogP contribution in [0.3, 0.4) is 0 Å². The average Bonchev–Trinajstić information content (AvgIpc) is 3.40. The molecular formula is C22H21Cl3N4OS. The van der Waals surface area contributed by atoms with Gasteiger partial charge < -0.3 is 4.57 Å². The maximum absolute atomic E-state index is 13.4. The van der Waals surface area contributed by atoms with Crippen LogP contribution >= 0.6 is 46.9 Å². The van der Waals surface area contributed by atoms with Gasteiger partial charge >= 0.3 is 0 Å². The van der Waals surface area contributed by atoms with Crippen molar-refractivity contribution in [1.82, 2.24) is 14.5 Å². The number of halogens is 3. The molecule has 0 unspecified atom stereocenters. The summed E-state index contributed by atoms with van der Waals surface area (Å²) in [6.45, 7) is 3.37. The Labute approximate surface area is 201 Å². The maximum atomic E-state index is 13.4. The summed E-state index contributed by atoms with van der Waals surface area (Å²) < 4.78 is 3.06. The van der Waals surface area contributed by atoms with Crippen molar-refractivity contribution in [2.75, 3.05) is 11.4 Å². The van der Waals surface area contributed by atoms with Crippen LogP contribution in [-0.4, -0.2) is 27.0 Å². The smallest absolute Gasteiger partial charge is 0.261 e. The number of carbonyl (C=O) groups is 1. The minimum atomic E-state index is -0.181. The van der Waals surface area contributed by atoms with Crippen LogP contribution in [0.5, 0.6) is 0 Å². The number of thiazole rings is 1. The molecule has 4 rings (SSSR count). The van der Waals surface area contributed by atoms with E-state index in [1.807, 2.05) is 22.9 Å². The number of imidazole rings is 1. The number of rotatable bonds is 7. The van der Waals surface area contributed by atoms with E-state index in [0.717, 1.165) is 29.6 Å². The van der Waals surface area contributed by atoms with E-state index in [-0.39, 0.29) is 18.3 Å². The molecule has 0 spiro atoms. The fraction of sp³-hybridized carbons (Fsp3) is 0.227. The Morgan fingerprint density at radius 2 is 2.06 bits per heavy atom. The maximum Gasteiger partial charge on any atom is 0.261 e. The second-order valence-electron chi connectivity index (χ2n) is 6.85. The number of fused-ring (bicyclic) bond motifs is 1. The topological polar surface area (TPSA) is 51.0 Å². The first-order chi connectivity index (χ1) is 14.6. The lowest BCUT2D eigenvalue weighted by atomic mass is 10.1. The zero-order valence-electron chi connectivity index (χ0n) is 16.8. The third-order valence-corrected chi connectivity index (χ3v) is 6.46. The highest BCUT2D eigenvalue weighted by Crippen LogP contribution is 2.33. The number of anilines is 1. The second-order valence-corrected chi connectivity index (χ2v) is 8.70. The SMILES string of the molecule is CCc1cccc2sc(N(CCCn3ccnc3)C(=O)c3ccc(Cl)cc3Cl)nc12.Cl. The zero-order valence-corrected chi connectivity index (χ0v) is 19.9. The van der Waals surface area contributed by atoms with Crippen LogP contribution in [-0.2, 0) is 13.0 Å². The Bertz CT molecular complexity index is 1180. The number of nitrogens with zero attached hydrogens (tertiary/aromatic N) is 4. The Morgan fingerprint density at radius 1 is 1.23 bits per heavy atom. The van der Waals surface area contributed by atoms with Gasteiger partial charge in [0.05, 0.1) is 27.1 Å². The Balaban J connectivity index is 0.00000272. The summed E-state index contributed by atoms with van der Waals surface area (Å²) in [5.74, 6) is -0.181. The van der Waals surface area contributed by atoms with Crippen LogP contribution in [0.2, 0.25) is 10.0 Å². The van der Waals surface area contributed by atoms with Crippen LogP contribution in [0.4, 0.5) is 5.13 Å². The lowest BCUT2D eigenvalue weighted by Crippen LogP contribution is -2.32. The highest BCUT2D eigenvalue weighted by Gasteiger charge is 2.23. The summed E-state index contributed by atoms with van der Waals surface area (Å²) in [7, 11) is 0. The number of carbonyl (C=O) groups excluding carboxylic acids is 1. The fourth-order valence-corrected chi connectivity index (χ4v) is 4.84. The van der Waals surface area contributed by atoms with Crippen LogP contribution in [0.1, 0.15) is 29.3 Å². The van der Waals surface area contributed by atoms with E-state index >= 15 is 0 Å². The van der Waals surface area contributed by atoms with Crippen molar-refractivity contribution in [2.45, 2.75) is 26.3 Å². The first kappa shape index (κ1) is 23.5. The molecule has 0 fully saturated rings. The van der Waals surface area contributed by atoms with Gasteiger partial charge in [0.2, 0.25) is 0 Å². The van der Waals surface area contributed by atoms with Gasteiger partial charge in [0.15, 0.2) is 5.13 Å². The van der Waals surface area contributed by atoms with Gasteiger partial charge in [-0.2, -0.15) is 0 Å². The van der Waals surface area contributed by atoms with Gasteiger partial charge in [-0.1, -0.05) is 53.6 Å². The van der Waals surface area contributed by atoms with E-state index in [9.17, 15) is 4.79 Å². The highest BCUT2D eigenvalue weighted by atomic mass is 35.5. The second kappa shape index (κ2) is 10.5. The third kappa shape index (κ3) is 5.21. The summed E-state index contributed by atoms with van der Waals surface area (Å²) in [5.41, 5.74) is 2.54. The summed E-state index contributed by atoms with van der Waals surface area (Å²) in [6, 6.07) is 11.1. The lowest BCUT2D eigenvalue weighted by Gasteiger charge is -2.20. The van der Waals surface area contributed by atoms with Gasteiger partial charge in [-0.05, 0) is 42.7 Å². The third-order valence-electron chi connectivity index (χ3n) is 4.87. The standard InChI is InChI=1S/C22H20Cl2N4OS.ClH/c1-2-15-5-3-6-19-20(15)26-22(30-19)28(11-4-10-27-12-9-25-14-27)21(29)17-8-7-16(23)13-18(17)24;/h3,5-9,12-14H,2,4,10-11H2,1H3;1H. The van der Waals surface area contributed by atoms with Gasteiger partial charge in [0.25, 0.3) is 5.91 Å². The van der Waals surface area contributed by atoms with Crippen LogP contribution < -0.4 is 4.90 Å². The molecule has 0 aliphatic rings. The van der Waals surface area contributed by atoms with Gasteiger partial charge in [-0.3, -0.25) is 9.69 Å². The minimum absolute atomic E-state index is 0. The molecule has 5 nitrogen and oxygen atoms in total. The Kier molecular flexibility index (Phi) is 7.94. The molecule has 4 aromatic rings. The zero-order chi connectivity index (χ0) is 21.1. The van der Waals surface area contributed by atoms with Gasteiger partial charge in [0.1, 0.15) is 0 Å². The first-order valence-corrected chi connectivity index (χ1v) is 11.2. The number of aromatic nitrogens is 3. The molecule has 0 N–H and O–H groups in total. The normalized spacial score (nSPS) is 10.8. The Morgan fingerprint density at radius 3 is 2.77 bits per heavy atom. The van der Waals surface area contributed by atoms with Crippen molar-refractivity contribution in [3.05, 3.63) is 76.3 Å². The molecule has 2 aromatic carbocycles. The summed E-state index contributed by atoms with van der Waals surface area (Å²) in [5, 5.41) is 1.51. The van der Waals surface area contributed by atoms with Gasteiger partial charge in [-0.25, -0.2) is 9.97 Å². The molecular weight excluding hydrogens is 475 g/mol. The van der Waals surface area contributed by atoms with Crippen molar-refractivity contribution in [2.24, 2.45) is 0 Å². The molecule has 0 radical (unpaired) electrons. The number of hydrogen-bond acceptors (Lipinski definition) is 4. The summed E-state index contributed by atoms with van der Waals surface area (Å²) in [6.07, 6.45) is 7.07. The monoisotopic (exact) mass is 494 g/mol. The molecule has 0 bridgehead atoms. The lowest BCUT2D eigenvalue weighted by molar-refractivity contribution is 0.0986. The van der Waals surface area contributed by atoms with E-state index in [1.54, 1.807) is 35.6 Å². The molecule has 1 amide bonds. The quantitative estimate of drug-likeness (QED) is 0.293. The van der Waals surface area contributed by atoms with E-state index < -0.39 is 0 Å². The van der Waals surface area contributed by atoms with Crippen molar-refractivity contribution >= 4 is 68.2 Å². The highest BCUT2D eigenvalue weighted by molar-refractivity contribution is 7.22. The number of amides is 1. The molecule has 0 saturated carbocycles. The molecule has 0 saturated heterocycles. The first-order valence-electron chi connectivity index (χ1n) is 9.68. The van der Waals surface area contributed by atoms with Crippen LogP contribution in [0, 0.1) is 0 Å². The fourth-order valence-electron chi connectivity index (χ4n) is 3.32. The molecule has 31 heavy (non-hydrogen) atoms. The van der Waals surface area contributed by atoms with Crippen molar-refractivity contribution in [3.8, 4) is 0 Å². The average molecular weight is 496 g/mol. The molecule has 2 heterocycles. The molecule has 0 aliphatic heterocycles. The van der Waals surface area contributed by atoms with E-state index in [2.05, 4.69) is 18.0 Å². The Hall–Kier alpha value is -2.12. The number of benzene rings is 2. The molecule has 2 aromatic heterocycles. The van der Waals surface area contributed by atoms with Crippen molar-refractivity contribution in [1.29, 1.82) is 0 Å². The predicted octanol–water partition coefficient (Wildman–Crippen LogP) is 6.52. The number of hydrogen-bond donors (Lipinski definition) is 0. The van der Waals surface area contributed by atoms with Crippen LogP contribution in [0.25, 0.3) is 10.2 Å². The molecule has 0 aliphatic carbocycles. The van der Waals surface area contributed by atoms with Crippen LogP contribution in [0.15, 0.2) is 55.1 Å². The number of aryl methyl sites for hydroxylation is 2. The molecule has 0 atom stereocenters. The van der Waals surface area contributed by atoms with Crippen molar-refractivity contribution in [3.63, 3.8) is 0 Å². The molecule has 162 valence electrons. The van der Waals surface area contributed by atoms with E-state index in [0.29, 0.717) is 27.3 Å². The van der Waals surface area contributed by atoms with Crippen molar-refractivity contribution < 1.29 is 4.79 Å². The minimum Gasteiger partial charge on any atom is -0.337 e. The summed E-state index contributed by atoms with van der Waals surface area (Å²) >= 11 is 13.9. The van der Waals surface area contributed by atoms with Gasteiger partial charge in [-0.15, -0.1) is 12.4 Å². The summed E-state index contributed by atoms with van der Waals surface area (Å²) in [4.78, 5) is 24.1. The number of para-hydroxylation sites is 1. The molecule has 9 heteroatoms. The largest absolute Gasteiger partial charge is 0.337 e. The van der Waals surface area contributed by atoms with E-state index in [1.165, 1.54) is 16.9 Å². The predicted molar refractivity (Wildman–Crippen MR) is 131 cm³/mol. The van der Waals surface area contributed by atoms with Gasteiger partial charge in [0, 0.05) is 30.5 Å².